The number of nitrogens with zero attached hydrogens (tertiary/aromatic N) is 6. The van der Waals surface area contributed by atoms with Crippen molar-refractivity contribution < 1.29 is 13.6 Å². The zero-order valence-electron chi connectivity index (χ0n) is 15.3. The first-order valence-corrected chi connectivity index (χ1v) is 8.95. The highest BCUT2D eigenvalue weighted by Crippen LogP contribution is 2.17. The summed E-state index contributed by atoms with van der Waals surface area (Å²) in [6.45, 7) is 2.81. The van der Waals surface area contributed by atoms with Crippen LogP contribution in [-0.2, 0) is 0 Å². The van der Waals surface area contributed by atoms with Gasteiger partial charge < -0.3 is 15.1 Å². The van der Waals surface area contributed by atoms with Gasteiger partial charge in [0.1, 0.15) is 11.6 Å². The second kappa shape index (κ2) is 8.13. The molecule has 1 fully saturated rings. The number of amides is 1. The van der Waals surface area contributed by atoms with E-state index in [1.165, 1.54) is 12.4 Å². The van der Waals surface area contributed by atoms with E-state index in [0.717, 1.165) is 25.2 Å². The van der Waals surface area contributed by atoms with Crippen LogP contribution in [-0.4, -0.2) is 52.0 Å². The molecule has 3 aromatic rings. The van der Waals surface area contributed by atoms with Crippen molar-refractivity contribution >= 4 is 23.5 Å². The van der Waals surface area contributed by atoms with Gasteiger partial charge in [-0.25, -0.2) is 28.7 Å². The molecule has 148 valence electrons. The number of anilines is 3. The van der Waals surface area contributed by atoms with Gasteiger partial charge in [0.15, 0.2) is 0 Å². The summed E-state index contributed by atoms with van der Waals surface area (Å²) in [5.74, 6) is -0.951. The summed E-state index contributed by atoms with van der Waals surface area (Å²) in [5.41, 5.74) is 0.0634. The van der Waals surface area contributed by atoms with Crippen LogP contribution in [0.5, 0.6) is 0 Å². The Labute approximate surface area is 165 Å². The van der Waals surface area contributed by atoms with Gasteiger partial charge in [-0.1, -0.05) is 0 Å². The van der Waals surface area contributed by atoms with Crippen LogP contribution in [0, 0.1) is 11.6 Å². The molecule has 0 spiro atoms. The largest absolute Gasteiger partial charge is 0.337 e. The highest BCUT2D eigenvalue weighted by Gasteiger charge is 2.21. The van der Waals surface area contributed by atoms with Crippen LogP contribution in [0.4, 0.5) is 26.4 Å². The maximum absolute atomic E-state index is 13.7. The predicted molar refractivity (Wildman–Crippen MR) is 103 cm³/mol. The van der Waals surface area contributed by atoms with Crippen LogP contribution < -0.4 is 15.1 Å². The smallest absolute Gasteiger partial charge is 0.258 e. The van der Waals surface area contributed by atoms with Crippen molar-refractivity contribution in [2.45, 2.75) is 0 Å². The summed E-state index contributed by atoms with van der Waals surface area (Å²) in [6, 6.07) is 4.71. The first-order valence-electron chi connectivity index (χ1n) is 8.95. The minimum absolute atomic E-state index is 0.111. The van der Waals surface area contributed by atoms with Gasteiger partial charge in [-0.15, -0.1) is 0 Å². The van der Waals surface area contributed by atoms with Crippen LogP contribution >= 0.6 is 0 Å². The molecule has 1 N–H and O–H groups in total. The molecule has 1 aliphatic heterocycles. The molecule has 1 amide bonds. The number of carbonyl (C=O) groups excluding carboxylic acids is 1. The van der Waals surface area contributed by atoms with Crippen molar-refractivity contribution in [3.63, 3.8) is 0 Å². The molecule has 2 aromatic heterocycles. The second-order valence-corrected chi connectivity index (χ2v) is 6.37. The molecule has 0 radical (unpaired) electrons. The van der Waals surface area contributed by atoms with Crippen LogP contribution in [0.2, 0.25) is 0 Å². The third-order valence-electron chi connectivity index (χ3n) is 4.48. The van der Waals surface area contributed by atoms with Crippen molar-refractivity contribution in [2.75, 3.05) is 41.3 Å². The van der Waals surface area contributed by atoms with Gasteiger partial charge in [0, 0.05) is 57.0 Å². The maximum Gasteiger partial charge on any atom is 0.258 e. The van der Waals surface area contributed by atoms with Crippen LogP contribution in [0.1, 0.15) is 10.4 Å². The fourth-order valence-corrected chi connectivity index (χ4v) is 2.95. The van der Waals surface area contributed by atoms with E-state index < -0.39 is 17.5 Å². The molecule has 1 aromatic carbocycles. The standard InChI is InChI=1S/C19H17F2N7O/c20-14-2-3-16(15(21)10-14)26-17(29)13-11-24-19(25-12-13)28-8-6-27(7-9-28)18-22-4-1-5-23-18/h1-5,10-12H,6-9H2,(H,26,29). The number of halogens is 2. The lowest BCUT2D eigenvalue weighted by molar-refractivity contribution is 0.102. The third kappa shape index (κ3) is 4.26. The molecular formula is C19H17F2N7O. The molecule has 4 rings (SSSR count). The summed E-state index contributed by atoms with van der Waals surface area (Å²) < 4.78 is 26.6. The molecule has 8 nitrogen and oxygen atoms in total. The molecule has 3 heterocycles. The SMILES string of the molecule is O=C(Nc1ccc(F)cc1F)c1cnc(N2CCN(c3ncccn3)CC2)nc1. The average molecular weight is 397 g/mol. The molecule has 1 saturated heterocycles. The van der Waals surface area contributed by atoms with Crippen molar-refractivity contribution in [2.24, 2.45) is 0 Å². The molecular weight excluding hydrogens is 380 g/mol. The van der Waals surface area contributed by atoms with Crippen LogP contribution in [0.25, 0.3) is 0 Å². The number of nitrogens with one attached hydrogen (secondary N) is 1. The number of piperazine rings is 1. The molecule has 0 atom stereocenters. The summed E-state index contributed by atoms with van der Waals surface area (Å²) in [6.07, 6.45) is 6.18. The fraction of sp³-hybridized carbons (Fsp3) is 0.211. The molecule has 0 aliphatic carbocycles. The minimum Gasteiger partial charge on any atom is -0.337 e. The Balaban J connectivity index is 1.37. The lowest BCUT2D eigenvalue weighted by Crippen LogP contribution is -2.47. The third-order valence-corrected chi connectivity index (χ3v) is 4.48. The summed E-state index contributed by atoms with van der Waals surface area (Å²) in [5, 5.41) is 2.38. The zero-order chi connectivity index (χ0) is 20.2. The number of benzene rings is 1. The first-order chi connectivity index (χ1) is 14.1. The number of carbonyl (C=O) groups is 1. The topological polar surface area (TPSA) is 87.1 Å². The highest BCUT2D eigenvalue weighted by molar-refractivity contribution is 6.03. The molecule has 10 heteroatoms. The lowest BCUT2D eigenvalue weighted by atomic mass is 10.2. The Morgan fingerprint density at radius 2 is 1.48 bits per heavy atom. The van der Waals surface area contributed by atoms with E-state index in [2.05, 4.69) is 30.2 Å². The van der Waals surface area contributed by atoms with Crippen molar-refractivity contribution in [1.29, 1.82) is 0 Å². The maximum atomic E-state index is 13.7. The monoisotopic (exact) mass is 397 g/mol. The quantitative estimate of drug-likeness (QED) is 0.722. The summed E-state index contributed by atoms with van der Waals surface area (Å²) in [7, 11) is 0. The van der Waals surface area contributed by atoms with Gasteiger partial charge in [-0.3, -0.25) is 4.79 Å². The lowest BCUT2D eigenvalue weighted by Gasteiger charge is -2.34. The Kier molecular flexibility index (Phi) is 5.23. The van der Waals surface area contributed by atoms with Gasteiger partial charge in [0.05, 0.1) is 11.3 Å². The van der Waals surface area contributed by atoms with Crippen molar-refractivity contribution in [3.05, 3.63) is 66.3 Å². The van der Waals surface area contributed by atoms with Crippen molar-refractivity contribution in [3.8, 4) is 0 Å². The van der Waals surface area contributed by atoms with Gasteiger partial charge >= 0.3 is 0 Å². The predicted octanol–water partition coefficient (Wildman–Crippen LogP) is 2.12. The number of rotatable bonds is 4. The molecule has 0 unspecified atom stereocenters. The highest BCUT2D eigenvalue weighted by atomic mass is 19.1. The zero-order valence-corrected chi connectivity index (χ0v) is 15.3. The summed E-state index contributed by atoms with van der Waals surface area (Å²) >= 11 is 0. The molecule has 0 bridgehead atoms. The molecule has 1 aliphatic rings. The average Bonchev–Trinajstić information content (AvgIpc) is 2.76. The van der Waals surface area contributed by atoms with Crippen molar-refractivity contribution in [1.82, 2.24) is 19.9 Å². The Hall–Kier alpha value is -3.69. The van der Waals surface area contributed by atoms with E-state index in [4.69, 9.17) is 0 Å². The number of hydrogen-bond donors (Lipinski definition) is 1. The molecule has 0 saturated carbocycles. The second-order valence-electron chi connectivity index (χ2n) is 6.37. The van der Waals surface area contributed by atoms with E-state index in [-0.39, 0.29) is 11.3 Å². The van der Waals surface area contributed by atoms with E-state index in [9.17, 15) is 13.6 Å². The Morgan fingerprint density at radius 3 is 2.07 bits per heavy atom. The number of aromatic nitrogens is 4. The first kappa shape index (κ1) is 18.7. The fourth-order valence-electron chi connectivity index (χ4n) is 2.95. The van der Waals surface area contributed by atoms with Crippen LogP contribution in [0.3, 0.4) is 0 Å². The number of hydrogen-bond acceptors (Lipinski definition) is 7. The van der Waals surface area contributed by atoms with E-state index in [1.54, 1.807) is 18.5 Å². The summed E-state index contributed by atoms with van der Waals surface area (Å²) in [4.78, 5) is 33.3. The molecule has 29 heavy (non-hydrogen) atoms. The van der Waals surface area contributed by atoms with Gasteiger partial charge in [-0.2, -0.15) is 0 Å². The Bertz CT molecular complexity index is 993. The normalized spacial score (nSPS) is 14.0. The van der Waals surface area contributed by atoms with Gasteiger partial charge in [0.2, 0.25) is 11.9 Å². The van der Waals surface area contributed by atoms with Crippen LogP contribution in [0.15, 0.2) is 49.1 Å². The van der Waals surface area contributed by atoms with Gasteiger partial charge in [0.25, 0.3) is 5.91 Å². The van der Waals surface area contributed by atoms with Gasteiger partial charge in [-0.05, 0) is 18.2 Å². The Morgan fingerprint density at radius 1 is 0.897 bits per heavy atom. The minimum atomic E-state index is -0.851. The van der Waals surface area contributed by atoms with E-state index in [1.807, 2.05) is 4.90 Å². The van der Waals surface area contributed by atoms with E-state index >= 15 is 0 Å². The van der Waals surface area contributed by atoms with E-state index in [0.29, 0.717) is 31.1 Å².